The van der Waals surface area contributed by atoms with E-state index >= 15 is 0 Å². The molecule has 5 rings (SSSR count). The average molecular weight is 582 g/mol. The molecule has 13 heteroatoms. The molecule has 0 unspecified atom stereocenters. The number of hydrogen-bond acceptors (Lipinski definition) is 9. The van der Waals surface area contributed by atoms with Crippen LogP contribution in [0.2, 0.25) is 0 Å². The van der Waals surface area contributed by atoms with Gasteiger partial charge in [0.15, 0.2) is 17.2 Å². The lowest BCUT2D eigenvalue weighted by Gasteiger charge is -2.21. The third kappa shape index (κ3) is 6.85. The van der Waals surface area contributed by atoms with E-state index in [1.807, 2.05) is 30.3 Å². The number of fused-ring (bicyclic) bond motifs is 3. The molecule has 4 heterocycles. The fourth-order valence-corrected chi connectivity index (χ4v) is 5.41. The lowest BCUT2D eigenvalue weighted by molar-refractivity contribution is -0.124. The molecule has 41 heavy (non-hydrogen) atoms. The van der Waals surface area contributed by atoms with Gasteiger partial charge in [0.25, 0.3) is 11.8 Å². The minimum Gasteiger partial charge on any atom is -0.485 e. The summed E-state index contributed by atoms with van der Waals surface area (Å²) in [5, 5.41) is 13.0. The SMILES string of the molecule is C[C@@H]1NC(=O)[C@@H](NC(=O)c2scc3c2OCCO3)CCCCNC(=O)[C@H](Cc2ccccc2)NC(=O)c2coc1n2. The van der Waals surface area contributed by atoms with Gasteiger partial charge in [-0.05, 0) is 31.7 Å². The standard InChI is InChI=1S/C28H31N5O7S/c1-16-28-33-20(14-40-28)26(36)32-19(13-17-7-3-2-4-8-17)24(34)29-10-6-5-9-18(25(35)30-16)31-27(37)23-22-21(15-41-23)38-11-12-39-22/h2-4,7-8,14-16,18-19H,5-6,9-13H2,1H3,(H,29,34)(H,30,35)(H,31,37)(H,32,36)/t16-,18-,19-/m0/s1. The Morgan fingerprint density at radius 2 is 1.88 bits per heavy atom. The largest absolute Gasteiger partial charge is 0.485 e. The Morgan fingerprint density at radius 1 is 1.07 bits per heavy atom. The molecule has 1 aromatic carbocycles. The van der Waals surface area contributed by atoms with Gasteiger partial charge in [-0.1, -0.05) is 30.3 Å². The number of nitrogens with one attached hydrogen (secondary N) is 4. The number of oxazole rings is 1. The van der Waals surface area contributed by atoms with Crippen LogP contribution in [0, 0.1) is 0 Å². The molecule has 0 aliphatic carbocycles. The first-order valence-corrected chi connectivity index (χ1v) is 14.3. The van der Waals surface area contributed by atoms with Crippen molar-refractivity contribution in [2.24, 2.45) is 0 Å². The molecule has 4 N–H and O–H groups in total. The summed E-state index contributed by atoms with van der Waals surface area (Å²) in [6.07, 6.45) is 2.90. The highest BCUT2D eigenvalue weighted by molar-refractivity contribution is 7.12. The number of aromatic nitrogens is 1. The quantitative estimate of drug-likeness (QED) is 0.364. The lowest BCUT2D eigenvalue weighted by atomic mass is 10.0. The second-order valence-electron chi connectivity index (χ2n) is 9.79. The van der Waals surface area contributed by atoms with Crippen molar-refractivity contribution in [3.05, 3.63) is 64.0 Å². The maximum atomic E-state index is 13.3. The first-order valence-electron chi connectivity index (χ1n) is 13.4. The summed E-state index contributed by atoms with van der Waals surface area (Å²) in [4.78, 5) is 57.0. The highest BCUT2D eigenvalue weighted by Crippen LogP contribution is 2.39. The van der Waals surface area contributed by atoms with Gasteiger partial charge in [0.05, 0.1) is 0 Å². The van der Waals surface area contributed by atoms with Gasteiger partial charge in [-0.15, -0.1) is 11.3 Å². The third-order valence-corrected chi connectivity index (χ3v) is 7.67. The smallest absolute Gasteiger partial charge is 0.273 e. The maximum absolute atomic E-state index is 13.3. The molecule has 12 nitrogen and oxygen atoms in total. The Kier molecular flexibility index (Phi) is 8.82. The molecule has 2 aliphatic rings. The predicted octanol–water partition coefficient (Wildman–Crippen LogP) is 2.12. The minimum atomic E-state index is -0.876. The molecule has 0 fully saturated rings. The Morgan fingerprint density at radius 3 is 2.71 bits per heavy atom. The van der Waals surface area contributed by atoms with E-state index < -0.39 is 35.8 Å². The van der Waals surface area contributed by atoms with Crippen molar-refractivity contribution in [3.8, 4) is 11.5 Å². The molecular weight excluding hydrogens is 550 g/mol. The molecule has 0 saturated carbocycles. The monoisotopic (exact) mass is 581 g/mol. The summed E-state index contributed by atoms with van der Waals surface area (Å²) in [6.45, 7) is 2.73. The summed E-state index contributed by atoms with van der Waals surface area (Å²) in [5.74, 6) is -0.794. The Bertz CT molecular complexity index is 1410. The molecule has 3 atom stereocenters. The number of rotatable bonds is 4. The second-order valence-corrected chi connectivity index (χ2v) is 10.7. The highest BCUT2D eigenvalue weighted by atomic mass is 32.1. The van der Waals surface area contributed by atoms with Crippen LogP contribution in [0.4, 0.5) is 0 Å². The van der Waals surface area contributed by atoms with Crippen LogP contribution >= 0.6 is 11.3 Å². The van der Waals surface area contributed by atoms with Crippen molar-refractivity contribution in [1.82, 2.24) is 26.3 Å². The average Bonchev–Trinajstić information content (AvgIpc) is 3.64. The van der Waals surface area contributed by atoms with Crippen molar-refractivity contribution in [3.63, 3.8) is 0 Å². The van der Waals surface area contributed by atoms with Crippen molar-refractivity contribution in [2.45, 2.75) is 50.7 Å². The highest BCUT2D eigenvalue weighted by Gasteiger charge is 2.30. The van der Waals surface area contributed by atoms with E-state index in [0.29, 0.717) is 61.8 Å². The van der Waals surface area contributed by atoms with Crippen LogP contribution in [0.15, 0.2) is 46.4 Å². The second kappa shape index (κ2) is 12.9. The Hall–Kier alpha value is -4.39. The lowest BCUT2D eigenvalue weighted by Crippen LogP contribution is -2.49. The molecule has 216 valence electrons. The first-order chi connectivity index (χ1) is 19.9. The maximum Gasteiger partial charge on any atom is 0.273 e. The van der Waals surface area contributed by atoms with Gasteiger partial charge < -0.3 is 35.2 Å². The van der Waals surface area contributed by atoms with Gasteiger partial charge in [0.2, 0.25) is 17.7 Å². The van der Waals surface area contributed by atoms with Gasteiger partial charge in [0.1, 0.15) is 42.5 Å². The topological polar surface area (TPSA) is 161 Å². The zero-order chi connectivity index (χ0) is 28.8. The van der Waals surface area contributed by atoms with Gasteiger partial charge in [-0.25, -0.2) is 4.98 Å². The fraction of sp³-hybridized carbons (Fsp3) is 0.393. The number of ether oxygens (including phenoxy) is 2. The van der Waals surface area contributed by atoms with Gasteiger partial charge in [-0.2, -0.15) is 0 Å². The number of thiophene rings is 1. The number of carbonyl (C=O) groups is 4. The number of hydrogen-bond donors (Lipinski definition) is 4. The van der Waals surface area contributed by atoms with Crippen LogP contribution < -0.4 is 30.7 Å². The fourth-order valence-electron chi connectivity index (χ4n) is 4.58. The third-order valence-electron chi connectivity index (χ3n) is 6.74. The molecule has 2 bridgehead atoms. The summed E-state index contributed by atoms with van der Waals surface area (Å²) in [7, 11) is 0. The number of nitrogens with zero attached hydrogens (tertiary/aromatic N) is 1. The zero-order valence-corrected chi connectivity index (χ0v) is 23.3. The van der Waals surface area contributed by atoms with Gasteiger partial charge in [0, 0.05) is 18.3 Å². The van der Waals surface area contributed by atoms with E-state index in [9.17, 15) is 19.2 Å². The summed E-state index contributed by atoms with van der Waals surface area (Å²) in [5.41, 5.74) is 0.871. The van der Waals surface area contributed by atoms with Crippen LogP contribution in [0.3, 0.4) is 0 Å². The van der Waals surface area contributed by atoms with Crippen LogP contribution in [-0.2, 0) is 16.0 Å². The molecule has 2 aromatic heterocycles. The van der Waals surface area contributed by atoms with Gasteiger partial charge >= 0.3 is 0 Å². The van der Waals surface area contributed by atoms with Crippen molar-refractivity contribution in [1.29, 1.82) is 0 Å². The van der Waals surface area contributed by atoms with Crippen LogP contribution in [0.5, 0.6) is 11.5 Å². The van der Waals surface area contributed by atoms with Crippen molar-refractivity contribution >= 4 is 35.0 Å². The first kappa shape index (κ1) is 28.1. The van der Waals surface area contributed by atoms with E-state index in [1.54, 1.807) is 12.3 Å². The van der Waals surface area contributed by atoms with E-state index in [2.05, 4.69) is 26.3 Å². The molecule has 0 spiro atoms. The summed E-state index contributed by atoms with van der Waals surface area (Å²) >= 11 is 1.18. The Labute approximate surface area is 240 Å². The molecule has 0 saturated heterocycles. The number of carbonyl (C=O) groups excluding carboxylic acids is 4. The van der Waals surface area contributed by atoms with Gasteiger partial charge in [-0.3, -0.25) is 19.2 Å². The molecule has 3 aromatic rings. The zero-order valence-electron chi connectivity index (χ0n) is 22.4. The normalized spacial score (nSPS) is 21.8. The van der Waals surface area contributed by atoms with Crippen molar-refractivity contribution < 1.29 is 33.1 Å². The molecule has 2 aliphatic heterocycles. The minimum absolute atomic E-state index is 0.0198. The van der Waals surface area contributed by atoms with E-state index in [-0.39, 0.29) is 17.5 Å². The van der Waals surface area contributed by atoms with Crippen molar-refractivity contribution in [2.75, 3.05) is 19.8 Å². The molecular formula is C28H31N5O7S. The number of amides is 4. The molecule has 0 radical (unpaired) electrons. The molecule has 4 amide bonds. The van der Waals surface area contributed by atoms with E-state index in [4.69, 9.17) is 13.9 Å². The van der Waals surface area contributed by atoms with E-state index in [1.165, 1.54) is 17.6 Å². The summed E-state index contributed by atoms with van der Waals surface area (Å²) < 4.78 is 16.6. The van der Waals surface area contributed by atoms with E-state index in [0.717, 1.165) is 5.56 Å². The Balaban J connectivity index is 1.32. The predicted molar refractivity (Wildman–Crippen MR) is 148 cm³/mol. The van der Waals surface area contributed by atoms with Crippen LogP contribution in [0.25, 0.3) is 0 Å². The summed E-state index contributed by atoms with van der Waals surface area (Å²) in [6, 6.07) is 6.99. The van der Waals surface area contributed by atoms with Crippen LogP contribution in [0.1, 0.15) is 63.8 Å². The van der Waals surface area contributed by atoms with Crippen LogP contribution in [-0.4, -0.2) is 60.5 Å². The number of benzene rings is 1.